The van der Waals surface area contributed by atoms with E-state index in [-0.39, 0.29) is 18.4 Å². The third-order valence-corrected chi connectivity index (χ3v) is 3.19. The molecule has 0 aromatic heterocycles. The van der Waals surface area contributed by atoms with Crippen LogP contribution in [0.1, 0.15) is 37.4 Å². The van der Waals surface area contributed by atoms with Crippen molar-refractivity contribution in [1.29, 1.82) is 0 Å². The summed E-state index contributed by atoms with van der Waals surface area (Å²) in [5, 5.41) is 0.790. The highest BCUT2D eigenvalue weighted by atomic mass is 35.5. The average Bonchev–Trinajstić information content (AvgIpc) is 2.16. The zero-order chi connectivity index (χ0) is 10.7. The molecule has 0 amide bonds. The molecule has 86 valence electrons. The Morgan fingerprint density at radius 2 is 2.00 bits per heavy atom. The van der Waals surface area contributed by atoms with E-state index >= 15 is 0 Å². The molecule has 1 nitrogen and oxygen atoms in total. The van der Waals surface area contributed by atoms with Gasteiger partial charge < -0.3 is 5.73 Å². The number of benzene rings is 1. The fraction of sp³-hybridized carbons (Fsp3) is 0.500. The highest BCUT2D eigenvalue weighted by Crippen LogP contribution is 2.30. The Labute approximate surface area is 103 Å². The van der Waals surface area contributed by atoms with Crippen molar-refractivity contribution in [3.8, 4) is 0 Å². The lowest BCUT2D eigenvalue weighted by atomic mass is 9.91. The summed E-state index contributed by atoms with van der Waals surface area (Å²) >= 11 is 6.15. The summed E-state index contributed by atoms with van der Waals surface area (Å²) in [6.45, 7) is 6.37. The predicted molar refractivity (Wildman–Crippen MR) is 69.8 cm³/mol. The van der Waals surface area contributed by atoms with Crippen LogP contribution in [0.4, 0.5) is 0 Å². The zero-order valence-corrected chi connectivity index (χ0v) is 11.0. The zero-order valence-electron chi connectivity index (χ0n) is 9.46. The maximum absolute atomic E-state index is 6.17. The van der Waals surface area contributed by atoms with Crippen LogP contribution in [-0.2, 0) is 0 Å². The molecule has 0 bridgehead atoms. The molecule has 3 heteroatoms. The molecular weight excluding hydrogens is 229 g/mol. The molecule has 1 unspecified atom stereocenters. The third kappa shape index (κ3) is 3.37. The van der Waals surface area contributed by atoms with E-state index in [1.165, 1.54) is 5.56 Å². The van der Waals surface area contributed by atoms with Gasteiger partial charge in [0.15, 0.2) is 0 Å². The molecule has 2 N–H and O–H groups in total. The van der Waals surface area contributed by atoms with Gasteiger partial charge in [0, 0.05) is 11.1 Å². The summed E-state index contributed by atoms with van der Waals surface area (Å²) in [6, 6.07) is 5.98. The van der Waals surface area contributed by atoms with Gasteiger partial charge in [-0.05, 0) is 30.0 Å². The lowest BCUT2D eigenvalue weighted by molar-refractivity contribution is 0.455. The number of halogens is 2. The summed E-state index contributed by atoms with van der Waals surface area (Å²) < 4.78 is 0. The second-order valence-corrected chi connectivity index (χ2v) is 4.29. The number of nitrogens with two attached hydrogens (primary N) is 1. The Morgan fingerprint density at radius 3 is 2.47 bits per heavy atom. The third-order valence-electron chi connectivity index (χ3n) is 2.86. The molecule has 0 aliphatic heterocycles. The monoisotopic (exact) mass is 247 g/mol. The first-order chi connectivity index (χ1) is 6.57. The predicted octanol–water partition coefficient (Wildman–Crippen LogP) is 4.12. The van der Waals surface area contributed by atoms with Crippen LogP contribution < -0.4 is 5.73 Å². The molecule has 0 saturated carbocycles. The Bertz CT molecular complexity index is 292. The van der Waals surface area contributed by atoms with Gasteiger partial charge >= 0.3 is 0 Å². The second-order valence-electron chi connectivity index (χ2n) is 3.88. The van der Waals surface area contributed by atoms with Crippen molar-refractivity contribution >= 4 is 24.0 Å². The van der Waals surface area contributed by atoms with Gasteiger partial charge in [0.2, 0.25) is 0 Å². The van der Waals surface area contributed by atoms with E-state index in [9.17, 15) is 0 Å². The lowest BCUT2D eigenvalue weighted by Gasteiger charge is -2.21. The molecule has 1 rings (SSSR count). The molecule has 15 heavy (non-hydrogen) atoms. The van der Waals surface area contributed by atoms with Crippen LogP contribution in [0.15, 0.2) is 18.2 Å². The van der Waals surface area contributed by atoms with Crippen LogP contribution in [0.25, 0.3) is 0 Å². The highest BCUT2D eigenvalue weighted by Gasteiger charge is 2.17. The van der Waals surface area contributed by atoms with Crippen LogP contribution in [-0.4, -0.2) is 0 Å². The standard InChI is InChI=1S/C12H18ClN.ClH/c1-4-8(2)12(14)11-9(3)6-5-7-10(11)13;/h5-8,12H,4,14H2,1-3H3;1H/t8?,12-;/m1./s1. The highest BCUT2D eigenvalue weighted by molar-refractivity contribution is 6.31. The van der Waals surface area contributed by atoms with Crippen molar-refractivity contribution in [2.24, 2.45) is 11.7 Å². The van der Waals surface area contributed by atoms with Gasteiger partial charge in [-0.15, -0.1) is 12.4 Å². The van der Waals surface area contributed by atoms with E-state index in [4.69, 9.17) is 17.3 Å². The number of rotatable bonds is 3. The molecule has 0 heterocycles. The summed E-state index contributed by atoms with van der Waals surface area (Å²) in [4.78, 5) is 0. The van der Waals surface area contributed by atoms with Gasteiger partial charge in [-0.2, -0.15) is 0 Å². The van der Waals surface area contributed by atoms with Crippen molar-refractivity contribution in [3.63, 3.8) is 0 Å². The topological polar surface area (TPSA) is 26.0 Å². The van der Waals surface area contributed by atoms with E-state index in [0.29, 0.717) is 5.92 Å². The minimum Gasteiger partial charge on any atom is -0.324 e. The van der Waals surface area contributed by atoms with Crippen molar-refractivity contribution in [3.05, 3.63) is 34.3 Å². The lowest BCUT2D eigenvalue weighted by Crippen LogP contribution is -2.20. The van der Waals surface area contributed by atoms with Crippen LogP contribution in [0.3, 0.4) is 0 Å². The van der Waals surface area contributed by atoms with E-state index in [2.05, 4.69) is 26.8 Å². The van der Waals surface area contributed by atoms with Gasteiger partial charge in [0.25, 0.3) is 0 Å². The maximum Gasteiger partial charge on any atom is 0.0456 e. The van der Waals surface area contributed by atoms with Crippen LogP contribution >= 0.6 is 24.0 Å². The number of hydrogen-bond acceptors (Lipinski definition) is 1. The maximum atomic E-state index is 6.17. The van der Waals surface area contributed by atoms with Crippen molar-refractivity contribution in [2.75, 3.05) is 0 Å². The fourth-order valence-corrected chi connectivity index (χ4v) is 1.95. The van der Waals surface area contributed by atoms with Gasteiger partial charge in [-0.3, -0.25) is 0 Å². The Morgan fingerprint density at radius 1 is 1.40 bits per heavy atom. The largest absolute Gasteiger partial charge is 0.324 e. The van der Waals surface area contributed by atoms with Crippen LogP contribution in [0.5, 0.6) is 0 Å². The van der Waals surface area contributed by atoms with Crippen molar-refractivity contribution < 1.29 is 0 Å². The van der Waals surface area contributed by atoms with E-state index in [0.717, 1.165) is 17.0 Å². The minimum absolute atomic E-state index is 0. The van der Waals surface area contributed by atoms with Crippen LogP contribution in [0.2, 0.25) is 5.02 Å². The van der Waals surface area contributed by atoms with Crippen LogP contribution in [0, 0.1) is 12.8 Å². The first kappa shape index (κ1) is 14.8. The molecule has 1 aromatic carbocycles. The van der Waals surface area contributed by atoms with E-state index in [1.807, 2.05) is 12.1 Å². The minimum atomic E-state index is 0. The Kier molecular flexibility index (Phi) is 6.26. The van der Waals surface area contributed by atoms with Crippen molar-refractivity contribution in [1.82, 2.24) is 0 Å². The first-order valence-electron chi connectivity index (χ1n) is 5.08. The quantitative estimate of drug-likeness (QED) is 0.855. The van der Waals surface area contributed by atoms with Gasteiger partial charge in [-0.25, -0.2) is 0 Å². The molecule has 0 spiro atoms. The number of hydrogen-bond donors (Lipinski definition) is 1. The molecule has 0 aliphatic carbocycles. The molecule has 0 radical (unpaired) electrons. The summed E-state index contributed by atoms with van der Waals surface area (Å²) in [6.07, 6.45) is 1.08. The van der Waals surface area contributed by atoms with E-state index < -0.39 is 0 Å². The molecule has 0 fully saturated rings. The molecular formula is C12H19Cl2N. The molecule has 0 aliphatic rings. The summed E-state index contributed by atoms with van der Waals surface area (Å²) in [5.41, 5.74) is 8.45. The smallest absolute Gasteiger partial charge is 0.0456 e. The molecule has 2 atom stereocenters. The summed E-state index contributed by atoms with van der Waals surface area (Å²) in [5.74, 6) is 0.466. The first-order valence-corrected chi connectivity index (χ1v) is 5.46. The summed E-state index contributed by atoms with van der Waals surface area (Å²) in [7, 11) is 0. The van der Waals surface area contributed by atoms with Gasteiger partial charge in [0.1, 0.15) is 0 Å². The SMILES string of the molecule is CCC(C)[C@@H](N)c1c(C)cccc1Cl.Cl. The Balaban J connectivity index is 0.00000196. The van der Waals surface area contributed by atoms with E-state index in [1.54, 1.807) is 0 Å². The molecule has 0 saturated heterocycles. The average molecular weight is 248 g/mol. The van der Waals surface area contributed by atoms with Gasteiger partial charge in [-0.1, -0.05) is 44.0 Å². The van der Waals surface area contributed by atoms with Gasteiger partial charge in [0.05, 0.1) is 0 Å². The normalized spacial score (nSPS) is 14.2. The van der Waals surface area contributed by atoms with Crippen molar-refractivity contribution in [2.45, 2.75) is 33.2 Å². The Hall–Kier alpha value is -0.240. The number of aryl methyl sites for hydroxylation is 1. The molecule has 1 aromatic rings. The fourth-order valence-electron chi connectivity index (χ4n) is 1.61. The second kappa shape index (κ2) is 6.37.